The first-order valence-electron chi connectivity index (χ1n) is 6.81. The first kappa shape index (κ1) is 15.6. The molecule has 2 aromatic carbocycles. The smallest absolute Gasteiger partial charge is 0.234 e. The minimum Gasteiger partial charge on any atom is -0.392 e. The number of carbonyl (C=O) groups is 1. The maximum absolute atomic E-state index is 11.9. The van der Waals surface area contributed by atoms with Crippen molar-refractivity contribution in [1.82, 2.24) is 0 Å². The molecule has 0 spiro atoms. The van der Waals surface area contributed by atoms with Gasteiger partial charge in [-0.1, -0.05) is 48.0 Å². The molecule has 1 amide bonds. The van der Waals surface area contributed by atoms with Crippen molar-refractivity contribution in [2.75, 3.05) is 11.1 Å². The van der Waals surface area contributed by atoms with Crippen LogP contribution in [0.25, 0.3) is 0 Å². The molecule has 0 aliphatic heterocycles. The molecule has 0 fully saturated rings. The predicted molar refractivity (Wildman–Crippen MR) is 88.3 cm³/mol. The molecule has 4 heteroatoms. The van der Waals surface area contributed by atoms with Crippen LogP contribution < -0.4 is 5.32 Å². The molecule has 110 valence electrons. The average molecular weight is 301 g/mol. The Labute approximate surface area is 129 Å². The van der Waals surface area contributed by atoms with E-state index in [1.807, 2.05) is 12.1 Å². The third-order valence-electron chi connectivity index (χ3n) is 3.08. The Bertz CT molecular complexity index is 596. The summed E-state index contributed by atoms with van der Waals surface area (Å²) in [6.45, 7) is 1.98. The Hall–Kier alpha value is -1.78. The highest BCUT2D eigenvalue weighted by molar-refractivity contribution is 7.99. The fourth-order valence-electron chi connectivity index (χ4n) is 1.91. The number of carbonyl (C=O) groups excluding carboxylic acids is 1. The van der Waals surface area contributed by atoms with Gasteiger partial charge < -0.3 is 10.4 Å². The van der Waals surface area contributed by atoms with Gasteiger partial charge in [0.25, 0.3) is 0 Å². The van der Waals surface area contributed by atoms with Crippen LogP contribution in [-0.4, -0.2) is 16.8 Å². The summed E-state index contributed by atoms with van der Waals surface area (Å²) >= 11 is 1.58. The Morgan fingerprint density at radius 2 is 1.86 bits per heavy atom. The number of aryl methyl sites for hydroxylation is 1. The summed E-state index contributed by atoms with van der Waals surface area (Å²) in [6, 6.07) is 15.6. The molecule has 21 heavy (non-hydrogen) atoms. The average Bonchev–Trinajstić information content (AvgIpc) is 2.50. The van der Waals surface area contributed by atoms with Crippen LogP contribution in [0, 0.1) is 6.92 Å². The van der Waals surface area contributed by atoms with E-state index >= 15 is 0 Å². The summed E-state index contributed by atoms with van der Waals surface area (Å²) in [5.74, 6) is 1.16. The maximum Gasteiger partial charge on any atom is 0.234 e. The van der Waals surface area contributed by atoms with Crippen molar-refractivity contribution in [3.05, 3.63) is 65.2 Å². The monoisotopic (exact) mass is 301 g/mol. The Balaban J connectivity index is 1.81. The van der Waals surface area contributed by atoms with Gasteiger partial charge in [-0.3, -0.25) is 4.79 Å². The van der Waals surface area contributed by atoms with E-state index in [2.05, 4.69) is 36.5 Å². The lowest BCUT2D eigenvalue weighted by Crippen LogP contribution is -2.15. The SMILES string of the molecule is Cc1ccc(CSCC(=O)Nc2ccccc2CO)cc1. The zero-order valence-electron chi connectivity index (χ0n) is 12.0. The summed E-state index contributed by atoms with van der Waals surface area (Å²) < 4.78 is 0. The number of aliphatic hydroxyl groups is 1. The van der Waals surface area contributed by atoms with Crippen LogP contribution in [0.1, 0.15) is 16.7 Å². The van der Waals surface area contributed by atoms with Gasteiger partial charge in [-0.2, -0.15) is 0 Å². The van der Waals surface area contributed by atoms with Gasteiger partial charge in [-0.05, 0) is 18.6 Å². The minimum atomic E-state index is -0.0764. The molecule has 0 saturated carbocycles. The van der Waals surface area contributed by atoms with Gasteiger partial charge in [0.15, 0.2) is 0 Å². The largest absolute Gasteiger partial charge is 0.392 e. The fraction of sp³-hybridized carbons (Fsp3) is 0.235. The molecule has 0 atom stereocenters. The van der Waals surface area contributed by atoms with Crippen LogP contribution in [0.5, 0.6) is 0 Å². The maximum atomic E-state index is 11.9. The second-order valence-electron chi connectivity index (χ2n) is 4.84. The molecule has 0 heterocycles. The van der Waals surface area contributed by atoms with Gasteiger partial charge in [0.2, 0.25) is 5.91 Å². The van der Waals surface area contributed by atoms with E-state index in [0.717, 1.165) is 11.3 Å². The van der Waals surface area contributed by atoms with Crippen molar-refractivity contribution >= 4 is 23.4 Å². The molecular formula is C17H19NO2S. The van der Waals surface area contributed by atoms with Gasteiger partial charge >= 0.3 is 0 Å². The number of aliphatic hydroxyl groups excluding tert-OH is 1. The van der Waals surface area contributed by atoms with Crippen LogP contribution in [0.15, 0.2) is 48.5 Å². The molecule has 0 aliphatic rings. The summed E-state index contributed by atoms with van der Waals surface area (Å²) in [6.07, 6.45) is 0. The summed E-state index contributed by atoms with van der Waals surface area (Å²) in [4.78, 5) is 11.9. The van der Waals surface area contributed by atoms with E-state index in [1.165, 1.54) is 11.1 Å². The molecule has 0 unspecified atom stereocenters. The minimum absolute atomic E-state index is 0.0481. The molecule has 0 radical (unpaired) electrons. The molecule has 2 aromatic rings. The predicted octanol–water partition coefficient (Wildman–Crippen LogP) is 3.36. The van der Waals surface area contributed by atoms with Gasteiger partial charge in [0.1, 0.15) is 0 Å². The highest BCUT2D eigenvalue weighted by Crippen LogP contribution is 2.17. The summed E-state index contributed by atoms with van der Waals surface area (Å²) in [7, 11) is 0. The number of hydrogen-bond donors (Lipinski definition) is 2. The lowest BCUT2D eigenvalue weighted by atomic mass is 10.2. The van der Waals surface area contributed by atoms with Gasteiger partial charge in [-0.15, -0.1) is 11.8 Å². The van der Waals surface area contributed by atoms with Crippen molar-refractivity contribution < 1.29 is 9.90 Å². The second-order valence-corrected chi connectivity index (χ2v) is 5.83. The van der Waals surface area contributed by atoms with Crippen molar-refractivity contribution in [2.24, 2.45) is 0 Å². The molecular weight excluding hydrogens is 282 g/mol. The lowest BCUT2D eigenvalue weighted by Gasteiger charge is -2.09. The quantitative estimate of drug-likeness (QED) is 0.860. The number of benzene rings is 2. The van der Waals surface area contributed by atoms with Crippen molar-refractivity contribution in [3.8, 4) is 0 Å². The van der Waals surface area contributed by atoms with Crippen LogP contribution >= 0.6 is 11.8 Å². The third kappa shape index (κ3) is 4.92. The number of thioether (sulfide) groups is 1. The topological polar surface area (TPSA) is 49.3 Å². The molecule has 0 bridgehead atoms. The van der Waals surface area contributed by atoms with E-state index < -0.39 is 0 Å². The van der Waals surface area contributed by atoms with E-state index in [0.29, 0.717) is 11.4 Å². The normalized spacial score (nSPS) is 10.4. The zero-order chi connectivity index (χ0) is 15.1. The highest BCUT2D eigenvalue weighted by atomic mass is 32.2. The van der Waals surface area contributed by atoms with E-state index in [-0.39, 0.29) is 12.5 Å². The Morgan fingerprint density at radius 1 is 1.14 bits per heavy atom. The number of nitrogens with one attached hydrogen (secondary N) is 1. The third-order valence-corrected chi connectivity index (χ3v) is 4.09. The molecule has 0 saturated heterocycles. The number of hydrogen-bond acceptors (Lipinski definition) is 3. The van der Waals surface area contributed by atoms with Crippen LogP contribution in [0.2, 0.25) is 0 Å². The van der Waals surface area contributed by atoms with Crippen molar-refractivity contribution in [3.63, 3.8) is 0 Å². The van der Waals surface area contributed by atoms with E-state index in [4.69, 9.17) is 0 Å². The number of rotatable bonds is 6. The first-order chi connectivity index (χ1) is 10.2. The van der Waals surface area contributed by atoms with Gasteiger partial charge in [0, 0.05) is 17.0 Å². The van der Waals surface area contributed by atoms with Crippen molar-refractivity contribution in [1.29, 1.82) is 0 Å². The van der Waals surface area contributed by atoms with E-state index in [9.17, 15) is 9.90 Å². The van der Waals surface area contributed by atoms with Gasteiger partial charge in [-0.25, -0.2) is 0 Å². The Morgan fingerprint density at radius 3 is 2.57 bits per heavy atom. The summed E-state index contributed by atoms with van der Waals surface area (Å²) in [5.41, 5.74) is 3.87. The number of amides is 1. The lowest BCUT2D eigenvalue weighted by molar-refractivity contribution is -0.113. The molecule has 2 rings (SSSR count). The highest BCUT2D eigenvalue weighted by Gasteiger charge is 2.06. The zero-order valence-corrected chi connectivity index (χ0v) is 12.8. The molecule has 2 N–H and O–H groups in total. The van der Waals surface area contributed by atoms with E-state index in [1.54, 1.807) is 23.9 Å². The van der Waals surface area contributed by atoms with Crippen LogP contribution in [0.3, 0.4) is 0 Å². The standard InChI is InChI=1S/C17H19NO2S/c1-13-6-8-14(9-7-13)11-21-12-17(20)18-16-5-3-2-4-15(16)10-19/h2-9,19H,10-12H2,1H3,(H,18,20). The second kappa shape index (κ2) is 7.86. The molecule has 0 aromatic heterocycles. The number of anilines is 1. The van der Waals surface area contributed by atoms with Crippen LogP contribution in [-0.2, 0) is 17.2 Å². The molecule has 0 aliphatic carbocycles. The summed E-state index contributed by atoms with van der Waals surface area (Å²) in [5, 5.41) is 12.1. The number of para-hydroxylation sites is 1. The van der Waals surface area contributed by atoms with Gasteiger partial charge in [0.05, 0.1) is 12.4 Å². The van der Waals surface area contributed by atoms with Crippen LogP contribution in [0.4, 0.5) is 5.69 Å². The molecule has 3 nitrogen and oxygen atoms in total. The first-order valence-corrected chi connectivity index (χ1v) is 7.96. The fourth-order valence-corrected chi connectivity index (χ4v) is 2.70. The Kier molecular flexibility index (Phi) is 5.84. The van der Waals surface area contributed by atoms with Crippen molar-refractivity contribution in [2.45, 2.75) is 19.3 Å².